The van der Waals surface area contributed by atoms with E-state index < -0.39 is 29.6 Å². The Kier molecular flexibility index (Phi) is 12.6. The number of thioether (sulfide) groups is 1. The third-order valence-electron chi connectivity index (χ3n) is 6.30. The molecular weight excluding hydrogens is 754 g/mol. The zero-order chi connectivity index (χ0) is 32.5. The van der Waals surface area contributed by atoms with Crippen LogP contribution in [0.5, 0.6) is 11.5 Å². The molecule has 1 fully saturated rings. The number of carbonyl (C=O) groups is 4. The van der Waals surface area contributed by atoms with Crippen molar-refractivity contribution in [3.63, 3.8) is 0 Å². The van der Waals surface area contributed by atoms with E-state index in [0.717, 1.165) is 32.2 Å². The maximum atomic E-state index is 13.2. The normalized spacial score (nSPS) is 13.7. The minimum Gasteiger partial charge on any atom is -0.490 e. The summed E-state index contributed by atoms with van der Waals surface area (Å²) in [5, 5.41) is 2.83. The quantitative estimate of drug-likeness (QED) is 0.0800. The molecule has 1 heterocycles. The van der Waals surface area contributed by atoms with E-state index >= 15 is 0 Å². The number of esters is 1. The van der Waals surface area contributed by atoms with E-state index in [4.69, 9.17) is 37.4 Å². The minimum absolute atomic E-state index is 0.0992. The first kappa shape index (κ1) is 34.6. The lowest BCUT2D eigenvalue weighted by Gasteiger charge is -2.15. The lowest BCUT2D eigenvalue weighted by Crippen LogP contribution is -2.36. The Morgan fingerprint density at radius 1 is 1.02 bits per heavy atom. The van der Waals surface area contributed by atoms with Crippen LogP contribution in [0.15, 0.2) is 59.5 Å². The first-order valence-corrected chi connectivity index (χ1v) is 16.6. The third-order valence-corrected chi connectivity index (χ3v) is 8.59. The molecule has 0 aromatic heterocycles. The van der Waals surface area contributed by atoms with E-state index in [1.54, 1.807) is 24.3 Å². The van der Waals surface area contributed by atoms with Gasteiger partial charge < -0.3 is 19.5 Å². The van der Waals surface area contributed by atoms with Crippen molar-refractivity contribution in [2.24, 2.45) is 0 Å². The number of carbonyl (C=O) groups excluding carboxylic acids is 4. The van der Waals surface area contributed by atoms with Crippen LogP contribution >= 0.6 is 57.6 Å². The van der Waals surface area contributed by atoms with Crippen molar-refractivity contribution < 1.29 is 33.4 Å². The Hall–Kier alpha value is -3.26. The molecule has 0 unspecified atom stereocenters. The van der Waals surface area contributed by atoms with E-state index in [0.29, 0.717) is 41.7 Å². The highest BCUT2D eigenvalue weighted by atomic mass is 127. The van der Waals surface area contributed by atoms with E-state index in [1.807, 2.05) is 32.0 Å². The predicted octanol–water partition coefficient (Wildman–Crippen LogP) is 8.21. The Balaban J connectivity index is 1.44. The lowest BCUT2D eigenvalue weighted by atomic mass is 10.1. The number of amides is 3. The molecule has 1 N–H and O–H groups in total. The second-order valence-corrected chi connectivity index (χ2v) is 12.7. The maximum Gasteiger partial charge on any atom is 0.339 e. The molecule has 1 saturated heterocycles. The number of hydrogen-bond acceptors (Lipinski definition) is 8. The molecule has 0 spiro atoms. The fraction of sp³-hybridized carbons (Fsp3) is 0.250. The van der Waals surface area contributed by atoms with Crippen molar-refractivity contribution in [2.45, 2.75) is 33.3 Å². The summed E-state index contributed by atoms with van der Waals surface area (Å²) in [4.78, 5) is 52.1. The number of halogens is 3. The summed E-state index contributed by atoms with van der Waals surface area (Å²) in [5.41, 5.74) is 1.92. The molecule has 9 nitrogen and oxygen atoms in total. The summed E-state index contributed by atoms with van der Waals surface area (Å²) in [7, 11) is 0. The van der Waals surface area contributed by atoms with Crippen LogP contribution in [0.2, 0.25) is 10.0 Å². The number of nitrogens with zero attached hydrogens (tertiary/aromatic N) is 1. The van der Waals surface area contributed by atoms with Gasteiger partial charge in [-0.3, -0.25) is 19.3 Å². The number of imide groups is 1. The van der Waals surface area contributed by atoms with Gasteiger partial charge in [-0.25, -0.2) is 4.79 Å². The fourth-order valence-corrected chi connectivity index (χ4v) is 6.03. The highest BCUT2D eigenvalue weighted by Gasteiger charge is 2.36. The van der Waals surface area contributed by atoms with Crippen LogP contribution in [0, 0.1) is 3.57 Å². The molecule has 0 radical (unpaired) electrons. The lowest BCUT2D eigenvalue weighted by molar-refractivity contribution is -0.127. The number of hydrogen-bond donors (Lipinski definition) is 1. The second-order valence-electron chi connectivity index (χ2n) is 9.68. The standard InChI is InChI=1S/C32H29Cl2IN2O7S/c1-3-5-12-43-31(40)23-16-22(10-11-24(23)34)36-28(38)17-37-30(39)27(45-32(37)41)15-20-13-25(35)29(26(14-20)42-4-2)44-18-19-6-8-21(33)9-7-19/h6-11,13-16H,3-5,12,17-18H2,1-2H3,(H,36,38)/b27-15+. The van der Waals surface area contributed by atoms with Gasteiger partial charge in [-0.05, 0) is 107 Å². The van der Waals surface area contributed by atoms with Gasteiger partial charge in [0.2, 0.25) is 5.91 Å². The van der Waals surface area contributed by atoms with Gasteiger partial charge in [-0.1, -0.05) is 48.7 Å². The molecule has 0 aliphatic carbocycles. The summed E-state index contributed by atoms with van der Waals surface area (Å²) >= 11 is 15.0. The minimum atomic E-state index is -0.624. The van der Waals surface area contributed by atoms with Crippen LogP contribution in [0.3, 0.4) is 0 Å². The Labute approximate surface area is 288 Å². The molecule has 3 amide bonds. The summed E-state index contributed by atoms with van der Waals surface area (Å²) in [6, 6.07) is 15.2. The van der Waals surface area contributed by atoms with Crippen molar-refractivity contribution in [1.82, 2.24) is 4.90 Å². The van der Waals surface area contributed by atoms with Gasteiger partial charge >= 0.3 is 5.97 Å². The van der Waals surface area contributed by atoms with Crippen LogP contribution in [0.25, 0.3) is 6.08 Å². The molecule has 236 valence electrons. The molecule has 1 aliphatic rings. The molecule has 45 heavy (non-hydrogen) atoms. The average molecular weight is 783 g/mol. The maximum absolute atomic E-state index is 13.2. The average Bonchev–Trinajstić information content (AvgIpc) is 3.25. The molecule has 4 rings (SSSR count). The van der Waals surface area contributed by atoms with E-state index in [9.17, 15) is 19.2 Å². The zero-order valence-electron chi connectivity index (χ0n) is 24.4. The molecular formula is C32H29Cl2IN2O7S. The van der Waals surface area contributed by atoms with Gasteiger partial charge in [0.25, 0.3) is 11.1 Å². The number of anilines is 1. The summed E-state index contributed by atoms with van der Waals surface area (Å²) in [5.74, 6) is -0.799. The molecule has 3 aromatic carbocycles. The van der Waals surface area contributed by atoms with Gasteiger partial charge in [0.15, 0.2) is 11.5 Å². The summed E-state index contributed by atoms with van der Waals surface area (Å²) in [6.07, 6.45) is 3.15. The van der Waals surface area contributed by atoms with Crippen molar-refractivity contribution >= 4 is 92.3 Å². The number of unbranched alkanes of at least 4 members (excludes halogenated alkanes) is 1. The number of benzene rings is 3. The second kappa shape index (κ2) is 16.3. The van der Waals surface area contributed by atoms with Gasteiger partial charge in [0.05, 0.1) is 32.3 Å². The zero-order valence-corrected chi connectivity index (χ0v) is 28.8. The molecule has 0 atom stereocenters. The van der Waals surface area contributed by atoms with Crippen LogP contribution < -0.4 is 14.8 Å². The van der Waals surface area contributed by atoms with Crippen molar-refractivity contribution in [1.29, 1.82) is 0 Å². The molecule has 3 aromatic rings. The Morgan fingerprint density at radius 3 is 2.49 bits per heavy atom. The van der Waals surface area contributed by atoms with Gasteiger partial charge in [-0.15, -0.1) is 0 Å². The van der Waals surface area contributed by atoms with E-state index in [2.05, 4.69) is 27.9 Å². The SMILES string of the molecule is CCCCOC(=O)c1cc(NC(=O)CN2C(=O)S/C(=C/c3cc(I)c(OCc4ccc(Cl)cc4)c(OCC)c3)C2=O)ccc1Cl. The molecule has 0 saturated carbocycles. The topological polar surface area (TPSA) is 111 Å². The largest absolute Gasteiger partial charge is 0.490 e. The van der Waals surface area contributed by atoms with Crippen molar-refractivity contribution in [3.05, 3.63) is 89.8 Å². The monoisotopic (exact) mass is 782 g/mol. The summed E-state index contributed by atoms with van der Waals surface area (Å²) < 4.78 is 17.8. The van der Waals surface area contributed by atoms with Gasteiger partial charge in [-0.2, -0.15) is 0 Å². The van der Waals surface area contributed by atoms with Crippen LogP contribution in [-0.4, -0.2) is 47.7 Å². The first-order valence-electron chi connectivity index (χ1n) is 13.9. The highest BCUT2D eigenvalue weighted by Crippen LogP contribution is 2.38. The first-order chi connectivity index (χ1) is 21.6. The Morgan fingerprint density at radius 2 is 1.78 bits per heavy atom. The smallest absolute Gasteiger partial charge is 0.339 e. The van der Waals surface area contributed by atoms with Crippen molar-refractivity contribution in [3.8, 4) is 11.5 Å². The third kappa shape index (κ3) is 9.38. The predicted molar refractivity (Wildman–Crippen MR) is 184 cm³/mol. The van der Waals surface area contributed by atoms with Gasteiger partial charge in [0.1, 0.15) is 13.2 Å². The molecule has 13 heteroatoms. The summed E-state index contributed by atoms with van der Waals surface area (Å²) in [6.45, 7) is 4.25. The van der Waals surface area contributed by atoms with Crippen LogP contribution in [0.4, 0.5) is 10.5 Å². The Bertz CT molecular complexity index is 1630. The number of nitrogens with one attached hydrogen (secondary N) is 1. The molecule has 1 aliphatic heterocycles. The van der Waals surface area contributed by atoms with E-state index in [1.165, 1.54) is 18.2 Å². The van der Waals surface area contributed by atoms with Gasteiger partial charge in [0, 0.05) is 10.7 Å². The number of rotatable bonds is 13. The number of ether oxygens (including phenoxy) is 3. The highest BCUT2D eigenvalue weighted by molar-refractivity contribution is 14.1. The molecule has 0 bridgehead atoms. The van der Waals surface area contributed by atoms with E-state index in [-0.39, 0.29) is 27.8 Å². The van der Waals surface area contributed by atoms with Crippen LogP contribution in [-0.2, 0) is 20.9 Å². The van der Waals surface area contributed by atoms with Crippen LogP contribution in [0.1, 0.15) is 48.2 Å². The fourth-order valence-electron chi connectivity index (χ4n) is 4.09. The van der Waals surface area contributed by atoms with Crippen molar-refractivity contribution in [2.75, 3.05) is 25.1 Å².